The number of methoxy groups -OCH3 is 1. The first kappa shape index (κ1) is 21.7. The molecule has 0 saturated heterocycles. The molecule has 3 aromatic carbocycles. The van der Waals surface area contributed by atoms with Crippen molar-refractivity contribution in [2.45, 2.75) is 13.5 Å². The van der Waals surface area contributed by atoms with E-state index in [1.54, 1.807) is 50.4 Å². The summed E-state index contributed by atoms with van der Waals surface area (Å²) in [6.07, 6.45) is 0. The van der Waals surface area contributed by atoms with Crippen molar-refractivity contribution in [2.75, 3.05) is 13.7 Å². The Hall–Kier alpha value is -3.51. The van der Waals surface area contributed by atoms with Crippen molar-refractivity contribution in [3.8, 4) is 22.8 Å². The minimum Gasteiger partial charge on any atom is -0.497 e. The molecule has 0 bridgehead atoms. The van der Waals surface area contributed by atoms with Crippen LogP contribution in [0.3, 0.4) is 0 Å². The number of benzene rings is 3. The molecule has 0 amide bonds. The lowest BCUT2D eigenvalue weighted by atomic mass is 10.1. The molecule has 7 heteroatoms. The summed E-state index contributed by atoms with van der Waals surface area (Å²) in [5.74, 6) is 0.697. The van der Waals surface area contributed by atoms with Crippen molar-refractivity contribution < 1.29 is 27.8 Å². The molecular weight excluding hydrogens is 435 g/mol. The Labute approximate surface area is 189 Å². The van der Waals surface area contributed by atoms with Gasteiger partial charge in [0, 0.05) is 16.5 Å². The fourth-order valence-corrected chi connectivity index (χ4v) is 3.54. The van der Waals surface area contributed by atoms with E-state index >= 15 is 0 Å². The van der Waals surface area contributed by atoms with Crippen LogP contribution in [0.2, 0.25) is 5.02 Å². The van der Waals surface area contributed by atoms with Gasteiger partial charge in [-0.2, -0.15) is 0 Å². The van der Waals surface area contributed by atoms with Crippen LogP contribution in [0.15, 0.2) is 65.1 Å². The Morgan fingerprint density at radius 3 is 2.47 bits per heavy atom. The van der Waals surface area contributed by atoms with E-state index in [-0.39, 0.29) is 18.2 Å². The highest BCUT2D eigenvalue weighted by molar-refractivity contribution is 6.31. The lowest BCUT2D eigenvalue weighted by Crippen LogP contribution is -2.05. The summed E-state index contributed by atoms with van der Waals surface area (Å²) >= 11 is 6.08. The van der Waals surface area contributed by atoms with Gasteiger partial charge in [-0.15, -0.1) is 0 Å². The monoisotopic (exact) mass is 454 g/mol. The zero-order valence-corrected chi connectivity index (χ0v) is 18.2. The smallest absolute Gasteiger partial charge is 0.342 e. The van der Waals surface area contributed by atoms with Gasteiger partial charge in [0.05, 0.1) is 18.7 Å². The zero-order valence-electron chi connectivity index (χ0n) is 17.5. The van der Waals surface area contributed by atoms with Crippen LogP contribution >= 0.6 is 11.6 Å². The number of ether oxygens (including phenoxy) is 3. The lowest BCUT2D eigenvalue weighted by Gasteiger charge is -2.08. The predicted octanol–water partition coefficient (Wildman–Crippen LogP) is 6.66. The van der Waals surface area contributed by atoms with E-state index < -0.39 is 11.8 Å². The van der Waals surface area contributed by atoms with Crippen LogP contribution in [-0.4, -0.2) is 19.7 Å². The van der Waals surface area contributed by atoms with Crippen LogP contribution in [0.1, 0.15) is 22.8 Å². The molecule has 0 saturated carbocycles. The Kier molecular flexibility index (Phi) is 6.32. The highest BCUT2D eigenvalue weighted by atomic mass is 35.5. The van der Waals surface area contributed by atoms with Crippen LogP contribution < -0.4 is 9.47 Å². The van der Waals surface area contributed by atoms with Crippen LogP contribution in [-0.2, 0) is 11.3 Å². The fourth-order valence-electron chi connectivity index (χ4n) is 3.32. The average molecular weight is 455 g/mol. The van der Waals surface area contributed by atoms with Crippen LogP contribution in [0.4, 0.5) is 4.39 Å². The van der Waals surface area contributed by atoms with Crippen LogP contribution in [0.25, 0.3) is 22.3 Å². The number of furan rings is 1. The van der Waals surface area contributed by atoms with Crippen LogP contribution in [0.5, 0.6) is 11.5 Å². The highest BCUT2D eigenvalue weighted by Crippen LogP contribution is 2.37. The van der Waals surface area contributed by atoms with Crippen LogP contribution in [0, 0.1) is 5.82 Å². The molecule has 0 aliphatic carbocycles. The predicted molar refractivity (Wildman–Crippen MR) is 120 cm³/mol. The first-order valence-corrected chi connectivity index (χ1v) is 10.3. The minimum absolute atomic E-state index is 0.141. The quantitative estimate of drug-likeness (QED) is 0.292. The molecule has 0 aliphatic rings. The van der Waals surface area contributed by atoms with Gasteiger partial charge >= 0.3 is 5.97 Å². The third-order valence-corrected chi connectivity index (χ3v) is 5.25. The van der Waals surface area contributed by atoms with E-state index in [9.17, 15) is 9.18 Å². The van der Waals surface area contributed by atoms with Gasteiger partial charge in [0.2, 0.25) is 0 Å². The summed E-state index contributed by atoms with van der Waals surface area (Å²) in [5.41, 5.74) is 2.19. The third-order valence-electron chi connectivity index (χ3n) is 4.90. The van der Waals surface area contributed by atoms with Gasteiger partial charge in [-0.1, -0.05) is 17.7 Å². The third kappa shape index (κ3) is 4.41. The maximum absolute atomic E-state index is 13.3. The Bertz CT molecular complexity index is 1260. The molecule has 1 aromatic heterocycles. The summed E-state index contributed by atoms with van der Waals surface area (Å²) in [4.78, 5) is 12.8. The molecule has 32 heavy (non-hydrogen) atoms. The molecule has 5 nitrogen and oxygen atoms in total. The summed E-state index contributed by atoms with van der Waals surface area (Å²) in [7, 11) is 1.58. The largest absolute Gasteiger partial charge is 0.497 e. The molecule has 0 atom stereocenters. The van der Waals surface area contributed by atoms with Gasteiger partial charge in [-0.3, -0.25) is 0 Å². The lowest BCUT2D eigenvalue weighted by molar-refractivity contribution is 0.0528. The number of hydrogen-bond acceptors (Lipinski definition) is 5. The van der Waals surface area contributed by atoms with Gasteiger partial charge in [0.1, 0.15) is 40.8 Å². The average Bonchev–Trinajstić information content (AvgIpc) is 3.17. The minimum atomic E-state index is -0.490. The normalized spacial score (nSPS) is 10.9. The Morgan fingerprint density at radius 2 is 1.78 bits per heavy atom. The second-order valence-electron chi connectivity index (χ2n) is 6.94. The first-order valence-electron chi connectivity index (χ1n) is 9.95. The maximum atomic E-state index is 13.3. The van der Waals surface area contributed by atoms with Crippen molar-refractivity contribution in [2.24, 2.45) is 0 Å². The molecule has 0 spiro atoms. The highest BCUT2D eigenvalue weighted by Gasteiger charge is 2.24. The Morgan fingerprint density at radius 1 is 1.03 bits per heavy atom. The van der Waals surface area contributed by atoms with E-state index in [1.807, 2.05) is 12.1 Å². The number of fused-ring (bicyclic) bond motifs is 1. The number of rotatable bonds is 7. The van der Waals surface area contributed by atoms with E-state index in [0.29, 0.717) is 44.9 Å². The van der Waals surface area contributed by atoms with Gasteiger partial charge in [-0.25, -0.2) is 9.18 Å². The molecule has 0 N–H and O–H groups in total. The Balaban J connectivity index is 1.72. The molecule has 1 heterocycles. The number of hydrogen-bond donors (Lipinski definition) is 0. The molecule has 4 rings (SSSR count). The van der Waals surface area contributed by atoms with Crippen molar-refractivity contribution in [1.29, 1.82) is 0 Å². The van der Waals surface area contributed by atoms with E-state index in [1.165, 1.54) is 12.1 Å². The number of halogens is 2. The zero-order chi connectivity index (χ0) is 22.7. The molecule has 0 radical (unpaired) electrons. The topological polar surface area (TPSA) is 57.9 Å². The maximum Gasteiger partial charge on any atom is 0.342 e. The van der Waals surface area contributed by atoms with Crippen molar-refractivity contribution in [1.82, 2.24) is 0 Å². The molecular formula is C25H20ClFO5. The van der Waals surface area contributed by atoms with E-state index in [0.717, 1.165) is 0 Å². The standard InChI is InChI=1S/C25H20ClFO5/c1-3-30-25(28)23-20-13-19(31-14-16-4-7-17(27)12-21(16)26)10-11-22(20)32-24(23)15-5-8-18(29-2)9-6-15/h4-13H,3,14H2,1-2H3. The van der Waals surface area contributed by atoms with E-state index in [4.69, 9.17) is 30.2 Å². The summed E-state index contributed by atoms with van der Waals surface area (Å²) in [6.45, 7) is 2.11. The van der Waals surface area contributed by atoms with Crippen molar-refractivity contribution >= 4 is 28.5 Å². The molecule has 164 valence electrons. The number of esters is 1. The van der Waals surface area contributed by atoms with Gasteiger partial charge in [0.25, 0.3) is 0 Å². The second kappa shape index (κ2) is 9.32. The first-order chi connectivity index (χ1) is 15.5. The number of carbonyl (C=O) groups excluding carboxylic acids is 1. The van der Waals surface area contributed by atoms with Crippen molar-refractivity contribution in [3.63, 3.8) is 0 Å². The molecule has 0 unspecified atom stereocenters. The molecule has 0 fully saturated rings. The van der Waals surface area contributed by atoms with E-state index in [2.05, 4.69) is 0 Å². The van der Waals surface area contributed by atoms with Gasteiger partial charge < -0.3 is 18.6 Å². The van der Waals surface area contributed by atoms with Gasteiger partial charge in [-0.05, 0) is 61.5 Å². The number of carbonyl (C=O) groups is 1. The molecule has 0 aliphatic heterocycles. The fraction of sp³-hybridized carbons (Fsp3) is 0.160. The second-order valence-corrected chi connectivity index (χ2v) is 7.34. The SMILES string of the molecule is CCOC(=O)c1c(-c2ccc(OC)cc2)oc2ccc(OCc3ccc(F)cc3Cl)cc12. The molecule has 4 aromatic rings. The van der Waals surface area contributed by atoms with Gasteiger partial charge in [0.15, 0.2) is 0 Å². The summed E-state index contributed by atoms with van der Waals surface area (Å²) in [5, 5.41) is 0.848. The van der Waals surface area contributed by atoms with Crippen molar-refractivity contribution in [3.05, 3.63) is 82.6 Å². The summed E-state index contributed by atoms with van der Waals surface area (Å²) < 4.78 is 35.6. The summed E-state index contributed by atoms with van der Waals surface area (Å²) in [6, 6.07) is 16.5.